The quantitative estimate of drug-likeness (QED) is 0.658. The van der Waals surface area contributed by atoms with Gasteiger partial charge in [0.15, 0.2) is 16.6 Å². The Morgan fingerprint density at radius 2 is 1.97 bits per heavy atom. The van der Waals surface area contributed by atoms with Gasteiger partial charge >= 0.3 is 0 Å². The largest absolute Gasteiger partial charge is 0.490 e. The molecule has 2 aromatic rings. The van der Waals surface area contributed by atoms with Crippen LogP contribution in [0.2, 0.25) is 0 Å². The zero-order valence-electron chi connectivity index (χ0n) is 18.5. The van der Waals surface area contributed by atoms with Gasteiger partial charge in [0, 0.05) is 17.4 Å². The maximum Gasteiger partial charge on any atom is 0.244 e. The molecule has 0 spiro atoms. The van der Waals surface area contributed by atoms with Crippen LogP contribution in [-0.4, -0.2) is 38.6 Å². The standard InChI is InChI=1S/C22H29N3O5S2/c1-13(2)20(21(26)24-22-23-16-7-5-14(3)11-19(16)31-22)25-32(27,28)15-6-8-17-18(12-15)30-10-4-9-29-17/h6,8,12-14,20,25H,4-5,7,9-11H2,1-3H3,(H,23,24,26)/t14-,20-/m1/s1. The van der Waals surface area contributed by atoms with Crippen LogP contribution in [0, 0.1) is 11.8 Å². The smallest absolute Gasteiger partial charge is 0.244 e. The van der Waals surface area contributed by atoms with E-state index in [1.165, 1.54) is 28.3 Å². The van der Waals surface area contributed by atoms with Crippen molar-refractivity contribution in [2.24, 2.45) is 11.8 Å². The monoisotopic (exact) mass is 479 g/mol. The molecule has 174 valence electrons. The van der Waals surface area contributed by atoms with E-state index in [9.17, 15) is 13.2 Å². The summed E-state index contributed by atoms with van der Waals surface area (Å²) in [6.07, 6.45) is 3.69. The molecule has 2 N–H and O–H groups in total. The summed E-state index contributed by atoms with van der Waals surface area (Å²) in [6, 6.07) is 3.53. The lowest BCUT2D eigenvalue weighted by atomic mass is 9.93. The molecule has 0 fully saturated rings. The molecule has 1 aromatic heterocycles. The first-order valence-electron chi connectivity index (χ1n) is 10.9. The third-order valence-corrected chi connectivity index (χ3v) is 8.15. The van der Waals surface area contributed by atoms with Gasteiger partial charge in [-0.15, -0.1) is 11.3 Å². The molecule has 10 heteroatoms. The number of carbonyl (C=O) groups is 1. The van der Waals surface area contributed by atoms with Crippen molar-refractivity contribution >= 4 is 32.4 Å². The zero-order chi connectivity index (χ0) is 22.9. The van der Waals surface area contributed by atoms with Crippen LogP contribution >= 0.6 is 11.3 Å². The highest BCUT2D eigenvalue weighted by Crippen LogP contribution is 2.33. The number of fused-ring (bicyclic) bond motifs is 2. The van der Waals surface area contributed by atoms with E-state index >= 15 is 0 Å². The number of nitrogens with zero attached hydrogens (tertiary/aromatic N) is 1. The van der Waals surface area contributed by atoms with E-state index in [0.717, 1.165) is 31.4 Å². The van der Waals surface area contributed by atoms with Crippen molar-refractivity contribution in [1.82, 2.24) is 9.71 Å². The number of amides is 1. The molecular formula is C22H29N3O5S2. The molecule has 2 atom stereocenters. The summed E-state index contributed by atoms with van der Waals surface area (Å²) in [5.74, 6) is 0.828. The Kier molecular flexibility index (Phi) is 6.73. The van der Waals surface area contributed by atoms with E-state index in [1.807, 2.05) is 0 Å². The van der Waals surface area contributed by atoms with Crippen LogP contribution in [0.15, 0.2) is 23.1 Å². The number of benzene rings is 1. The number of thiazole rings is 1. The van der Waals surface area contributed by atoms with Gasteiger partial charge < -0.3 is 14.8 Å². The zero-order valence-corrected chi connectivity index (χ0v) is 20.1. The number of hydrogen-bond acceptors (Lipinski definition) is 7. The van der Waals surface area contributed by atoms with Crippen LogP contribution < -0.4 is 19.5 Å². The van der Waals surface area contributed by atoms with Crippen molar-refractivity contribution < 1.29 is 22.7 Å². The van der Waals surface area contributed by atoms with Crippen LogP contribution in [-0.2, 0) is 27.7 Å². The average molecular weight is 480 g/mol. The molecule has 0 radical (unpaired) electrons. The van der Waals surface area contributed by atoms with Crippen molar-refractivity contribution in [2.75, 3.05) is 18.5 Å². The minimum absolute atomic E-state index is 0.0268. The van der Waals surface area contributed by atoms with Gasteiger partial charge in [-0.3, -0.25) is 4.79 Å². The highest BCUT2D eigenvalue weighted by atomic mass is 32.2. The van der Waals surface area contributed by atoms with Crippen molar-refractivity contribution in [3.8, 4) is 11.5 Å². The molecule has 0 unspecified atom stereocenters. The summed E-state index contributed by atoms with van der Waals surface area (Å²) >= 11 is 1.48. The number of hydrogen-bond donors (Lipinski definition) is 2. The number of rotatable bonds is 6. The average Bonchev–Trinajstić information content (AvgIpc) is 2.97. The summed E-state index contributed by atoms with van der Waals surface area (Å²) < 4.78 is 39.9. The Morgan fingerprint density at radius 1 is 1.22 bits per heavy atom. The van der Waals surface area contributed by atoms with Gasteiger partial charge in [-0.2, -0.15) is 4.72 Å². The summed E-state index contributed by atoms with van der Waals surface area (Å²) in [4.78, 5) is 18.8. The molecule has 0 bridgehead atoms. The number of aryl methyl sites for hydroxylation is 1. The van der Waals surface area contributed by atoms with Gasteiger partial charge in [0.2, 0.25) is 15.9 Å². The van der Waals surface area contributed by atoms with Gasteiger partial charge in [0.05, 0.1) is 23.8 Å². The van der Waals surface area contributed by atoms with Crippen molar-refractivity contribution in [3.05, 3.63) is 28.8 Å². The van der Waals surface area contributed by atoms with E-state index < -0.39 is 22.0 Å². The second-order valence-electron chi connectivity index (χ2n) is 8.73. The number of ether oxygens (including phenoxy) is 2. The molecule has 1 amide bonds. The Morgan fingerprint density at radius 3 is 2.72 bits per heavy atom. The van der Waals surface area contributed by atoms with Crippen molar-refractivity contribution in [2.45, 2.75) is 57.4 Å². The molecule has 2 aliphatic rings. The highest BCUT2D eigenvalue weighted by Gasteiger charge is 2.30. The van der Waals surface area contributed by atoms with Crippen LogP contribution in [0.25, 0.3) is 0 Å². The predicted molar refractivity (Wildman–Crippen MR) is 123 cm³/mol. The predicted octanol–water partition coefficient (Wildman–Crippen LogP) is 3.37. The summed E-state index contributed by atoms with van der Waals surface area (Å²) in [5, 5.41) is 3.35. The number of anilines is 1. The number of sulfonamides is 1. The SMILES string of the molecule is CC(C)[C@@H](NS(=O)(=O)c1ccc2c(c1)OCCCO2)C(=O)Nc1nc2c(s1)C[C@H](C)CC2. The fourth-order valence-electron chi connectivity index (χ4n) is 3.81. The molecule has 8 nitrogen and oxygen atoms in total. The van der Waals surface area contributed by atoms with Gasteiger partial charge in [-0.1, -0.05) is 20.8 Å². The summed E-state index contributed by atoms with van der Waals surface area (Å²) in [7, 11) is -3.96. The molecule has 2 heterocycles. The topological polar surface area (TPSA) is 107 Å². The Labute approximate surface area is 192 Å². The van der Waals surface area contributed by atoms with Gasteiger partial charge in [-0.05, 0) is 43.2 Å². The maximum atomic E-state index is 13.1. The lowest BCUT2D eigenvalue weighted by Crippen LogP contribution is -2.47. The summed E-state index contributed by atoms with van der Waals surface area (Å²) in [6.45, 7) is 6.79. The first-order valence-corrected chi connectivity index (χ1v) is 13.2. The highest BCUT2D eigenvalue weighted by molar-refractivity contribution is 7.89. The third kappa shape index (κ3) is 5.07. The summed E-state index contributed by atoms with van der Waals surface area (Å²) in [5.41, 5.74) is 1.04. The van der Waals surface area contributed by atoms with Gasteiger partial charge in [0.1, 0.15) is 6.04 Å². The van der Waals surface area contributed by atoms with Gasteiger partial charge in [-0.25, -0.2) is 13.4 Å². The number of aromatic nitrogens is 1. The van der Waals surface area contributed by atoms with Gasteiger partial charge in [0.25, 0.3) is 0 Å². The lowest BCUT2D eigenvalue weighted by molar-refractivity contribution is -0.118. The molecule has 1 aromatic carbocycles. The third-order valence-electron chi connectivity index (χ3n) is 5.68. The van der Waals surface area contributed by atoms with Crippen molar-refractivity contribution in [3.63, 3.8) is 0 Å². The molecule has 4 rings (SSSR count). The normalized spacial score (nSPS) is 19.2. The first kappa shape index (κ1) is 23.0. The van der Waals surface area contributed by atoms with Crippen LogP contribution in [0.3, 0.4) is 0 Å². The molecule has 0 saturated heterocycles. The Bertz CT molecular complexity index is 1100. The molecular weight excluding hydrogens is 450 g/mol. The first-order chi connectivity index (χ1) is 15.2. The van der Waals surface area contributed by atoms with E-state index in [0.29, 0.717) is 35.8 Å². The fraction of sp³-hybridized carbons (Fsp3) is 0.545. The second-order valence-corrected chi connectivity index (χ2v) is 11.5. The van der Waals surface area contributed by atoms with E-state index in [-0.39, 0.29) is 10.8 Å². The lowest BCUT2D eigenvalue weighted by Gasteiger charge is -2.21. The van der Waals surface area contributed by atoms with E-state index in [1.54, 1.807) is 19.9 Å². The van der Waals surface area contributed by atoms with E-state index in [4.69, 9.17) is 9.47 Å². The number of carbonyl (C=O) groups excluding carboxylic acids is 1. The van der Waals surface area contributed by atoms with Crippen LogP contribution in [0.1, 0.15) is 44.2 Å². The minimum Gasteiger partial charge on any atom is -0.490 e. The van der Waals surface area contributed by atoms with Crippen LogP contribution in [0.4, 0.5) is 5.13 Å². The molecule has 32 heavy (non-hydrogen) atoms. The van der Waals surface area contributed by atoms with E-state index in [2.05, 4.69) is 21.9 Å². The van der Waals surface area contributed by atoms with Crippen LogP contribution in [0.5, 0.6) is 11.5 Å². The minimum atomic E-state index is -3.96. The number of nitrogens with one attached hydrogen (secondary N) is 2. The molecule has 0 saturated carbocycles. The second kappa shape index (κ2) is 9.36. The maximum absolute atomic E-state index is 13.1. The fourth-order valence-corrected chi connectivity index (χ4v) is 6.35. The Hall–Kier alpha value is -2.17. The Balaban J connectivity index is 1.50. The molecule has 1 aliphatic carbocycles. The molecule has 1 aliphatic heterocycles. The van der Waals surface area contributed by atoms with Crippen molar-refractivity contribution in [1.29, 1.82) is 0 Å².